The molecule has 0 aliphatic carbocycles. The second kappa shape index (κ2) is 12.1. The molecular formula is C28H33NO2. The molecule has 0 atom stereocenters. The summed E-state index contributed by atoms with van der Waals surface area (Å²) in [5.74, 6) is -0.245. The summed E-state index contributed by atoms with van der Waals surface area (Å²) in [6.45, 7) is 6.27. The summed E-state index contributed by atoms with van der Waals surface area (Å²) in [5.41, 5.74) is 6.88. The number of nitrogens with one attached hydrogen (secondary N) is 1. The van der Waals surface area contributed by atoms with E-state index in [-0.39, 0.29) is 5.97 Å². The molecule has 0 aromatic heterocycles. The zero-order valence-corrected chi connectivity index (χ0v) is 18.7. The molecule has 0 saturated heterocycles. The Morgan fingerprint density at radius 3 is 2.35 bits per heavy atom. The van der Waals surface area contributed by atoms with Gasteiger partial charge >= 0.3 is 5.97 Å². The predicted octanol–water partition coefficient (Wildman–Crippen LogP) is 6.21. The van der Waals surface area contributed by atoms with Gasteiger partial charge in [-0.1, -0.05) is 74.0 Å². The first-order valence-corrected chi connectivity index (χ1v) is 11.3. The van der Waals surface area contributed by atoms with Gasteiger partial charge in [0, 0.05) is 6.54 Å². The average molecular weight is 416 g/mol. The molecule has 3 aromatic rings. The lowest BCUT2D eigenvalue weighted by Gasteiger charge is -2.13. The van der Waals surface area contributed by atoms with Gasteiger partial charge in [0.25, 0.3) is 0 Å². The summed E-state index contributed by atoms with van der Waals surface area (Å²) in [4.78, 5) is 12.2. The lowest BCUT2D eigenvalue weighted by atomic mass is 9.93. The minimum absolute atomic E-state index is 0.245. The first-order valence-electron chi connectivity index (χ1n) is 11.3. The molecule has 0 amide bonds. The topological polar surface area (TPSA) is 38.3 Å². The van der Waals surface area contributed by atoms with Crippen LogP contribution in [0.15, 0.2) is 72.8 Å². The van der Waals surface area contributed by atoms with E-state index in [1.165, 1.54) is 27.8 Å². The third kappa shape index (κ3) is 6.80. The van der Waals surface area contributed by atoms with Crippen LogP contribution < -0.4 is 5.32 Å². The lowest BCUT2D eigenvalue weighted by Crippen LogP contribution is -2.16. The van der Waals surface area contributed by atoms with E-state index in [0.717, 1.165) is 38.8 Å². The maximum atomic E-state index is 12.2. The zero-order chi connectivity index (χ0) is 21.9. The Morgan fingerprint density at radius 1 is 0.871 bits per heavy atom. The summed E-state index contributed by atoms with van der Waals surface area (Å²) < 4.78 is 5.18. The van der Waals surface area contributed by atoms with E-state index < -0.39 is 0 Å². The van der Waals surface area contributed by atoms with E-state index >= 15 is 0 Å². The van der Waals surface area contributed by atoms with Gasteiger partial charge in [-0.2, -0.15) is 0 Å². The van der Waals surface area contributed by atoms with Gasteiger partial charge in [0.2, 0.25) is 0 Å². The molecule has 3 rings (SSSR count). The summed E-state index contributed by atoms with van der Waals surface area (Å²) in [7, 11) is 0. The van der Waals surface area contributed by atoms with Crippen LogP contribution in [0.5, 0.6) is 0 Å². The molecule has 0 fully saturated rings. The first-order chi connectivity index (χ1) is 15.2. The highest BCUT2D eigenvalue weighted by Gasteiger charge is 2.12. The molecule has 162 valence electrons. The SMILES string of the molecule is CCCCc1cc(C(=O)OCC)ccc1-c1ccc(CCNCc2ccccc2)cc1. The van der Waals surface area contributed by atoms with Gasteiger partial charge in [0.05, 0.1) is 12.2 Å². The summed E-state index contributed by atoms with van der Waals surface area (Å²) >= 11 is 0. The van der Waals surface area contributed by atoms with Crippen molar-refractivity contribution in [2.45, 2.75) is 46.1 Å². The van der Waals surface area contributed by atoms with Crippen molar-refractivity contribution in [1.82, 2.24) is 5.32 Å². The van der Waals surface area contributed by atoms with Crippen molar-refractivity contribution in [1.29, 1.82) is 0 Å². The van der Waals surface area contributed by atoms with Crippen molar-refractivity contribution in [3.05, 3.63) is 95.1 Å². The molecule has 0 heterocycles. The highest BCUT2D eigenvalue weighted by Crippen LogP contribution is 2.27. The van der Waals surface area contributed by atoms with Crippen LogP contribution in [-0.4, -0.2) is 19.1 Å². The molecule has 0 radical (unpaired) electrons. The molecule has 0 saturated carbocycles. The van der Waals surface area contributed by atoms with Gasteiger partial charge in [-0.3, -0.25) is 0 Å². The Balaban J connectivity index is 1.65. The normalized spacial score (nSPS) is 10.8. The summed E-state index contributed by atoms with van der Waals surface area (Å²) in [6, 6.07) is 25.2. The summed E-state index contributed by atoms with van der Waals surface area (Å²) in [6.07, 6.45) is 4.18. The second-order valence-corrected chi connectivity index (χ2v) is 7.81. The van der Waals surface area contributed by atoms with Crippen LogP contribution in [0.4, 0.5) is 0 Å². The fourth-order valence-corrected chi connectivity index (χ4v) is 3.70. The molecule has 0 unspecified atom stereocenters. The molecular weight excluding hydrogens is 382 g/mol. The van der Waals surface area contributed by atoms with Crippen LogP contribution in [0, 0.1) is 0 Å². The number of hydrogen-bond donors (Lipinski definition) is 1. The van der Waals surface area contributed by atoms with E-state index in [9.17, 15) is 4.79 Å². The number of carbonyl (C=O) groups excluding carboxylic acids is 1. The van der Waals surface area contributed by atoms with Crippen molar-refractivity contribution in [2.75, 3.05) is 13.2 Å². The Bertz CT molecular complexity index is 949. The van der Waals surface area contributed by atoms with Gasteiger partial charge in [-0.05, 0) is 72.7 Å². The van der Waals surface area contributed by atoms with Crippen LogP contribution in [0.1, 0.15) is 53.7 Å². The molecule has 31 heavy (non-hydrogen) atoms. The number of esters is 1. The average Bonchev–Trinajstić information content (AvgIpc) is 2.81. The Labute approximate surface area is 186 Å². The molecule has 0 aliphatic heterocycles. The largest absolute Gasteiger partial charge is 0.462 e. The van der Waals surface area contributed by atoms with Gasteiger partial charge < -0.3 is 10.1 Å². The monoisotopic (exact) mass is 415 g/mol. The molecule has 3 nitrogen and oxygen atoms in total. The van der Waals surface area contributed by atoms with Crippen molar-refractivity contribution >= 4 is 5.97 Å². The number of unbranched alkanes of at least 4 members (excludes halogenated alkanes) is 1. The maximum Gasteiger partial charge on any atom is 0.338 e. The number of ether oxygens (including phenoxy) is 1. The van der Waals surface area contributed by atoms with E-state index in [4.69, 9.17) is 4.74 Å². The zero-order valence-electron chi connectivity index (χ0n) is 18.7. The number of hydrogen-bond acceptors (Lipinski definition) is 3. The molecule has 0 spiro atoms. The van der Waals surface area contributed by atoms with E-state index in [1.54, 1.807) is 0 Å². The first kappa shape index (κ1) is 22.8. The minimum Gasteiger partial charge on any atom is -0.462 e. The molecule has 0 bridgehead atoms. The van der Waals surface area contributed by atoms with Crippen molar-refractivity contribution in [3.63, 3.8) is 0 Å². The third-order valence-electron chi connectivity index (χ3n) is 5.44. The van der Waals surface area contributed by atoms with Gasteiger partial charge in [-0.25, -0.2) is 4.79 Å². The quantitative estimate of drug-likeness (QED) is 0.299. The number of benzene rings is 3. The van der Waals surface area contributed by atoms with E-state index in [1.807, 2.05) is 25.1 Å². The van der Waals surface area contributed by atoms with Crippen LogP contribution >= 0.6 is 0 Å². The van der Waals surface area contributed by atoms with Gasteiger partial charge in [0.1, 0.15) is 0 Å². The lowest BCUT2D eigenvalue weighted by molar-refractivity contribution is 0.0526. The van der Waals surface area contributed by atoms with Gasteiger partial charge in [0.15, 0.2) is 0 Å². The fraction of sp³-hybridized carbons (Fsp3) is 0.321. The smallest absolute Gasteiger partial charge is 0.338 e. The Kier molecular flexibility index (Phi) is 8.86. The third-order valence-corrected chi connectivity index (χ3v) is 5.44. The number of aryl methyl sites for hydroxylation is 1. The Morgan fingerprint density at radius 2 is 1.65 bits per heavy atom. The number of rotatable bonds is 11. The minimum atomic E-state index is -0.245. The maximum absolute atomic E-state index is 12.2. The van der Waals surface area contributed by atoms with Crippen molar-refractivity contribution < 1.29 is 9.53 Å². The van der Waals surface area contributed by atoms with Crippen molar-refractivity contribution in [3.8, 4) is 11.1 Å². The van der Waals surface area contributed by atoms with Crippen molar-refractivity contribution in [2.24, 2.45) is 0 Å². The highest BCUT2D eigenvalue weighted by molar-refractivity contribution is 5.90. The van der Waals surface area contributed by atoms with Crippen LogP contribution in [-0.2, 0) is 24.1 Å². The fourth-order valence-electron chi connectivity index (χ4n) is 3.70. The molecule has 3 aromatic carbocycles. The molecule has 3 heteroatoms. The standard InChI is InChI=1S/C28H33NO2/c1-3-5-11-25-20-26(28(30)31-4-2)16-17-27(25)24-14-12-22(13-15-24)18-19-29-21-23-9-7-6-8-10-23/h6-10,12-17,20,29H,3-5,11,18-19,21H2,1-2H3. The second-order valence-electron chi connectivity index (χ2n) is 7.81. The van der Waals surface area contributed by atoms with Crippen LogP contribution in [0.3, 0.4) is 0 Å². The predicted molar refractivity (Wildman–Crippen MR) is 128 cm³/mol. The number of carbonyl (C=O) groups is 1. The highest BCUT2D eigenvalue weighted by atomic mass is 16.5. The van der Waals surface area contributed by atoms with Gasteiger partial charge in [-0.15, -0.1) is 0 Å². The van der Waals surface area contributed by atoms with E-state index in [2.05, 4.69) is 66.8 Å². The molecule has 0 aliphatic rings. The van der Waals surface area contributed by atoms with Crippen LogP contribution in [0.25, 0.3) is 11.1 Å². The van der Waals surface area contributed by atoms with E-state index in [0.29, 0.717) is 12.2 Å². The summed E-state index contributed by atoms with van der Waals surface area (Å²) in [5, 5.41) is 3.51. The molecule has 1 N–H and O–H groups in total. The Hall–Kier alpha value is -2.91. The van der Waals surface area contributed by atoms with Crippen LogP contribution in [0.2, 0.25) is 0 Å².